The maximum Gasteiger partial charge on any atom is 0.308 e. The van der Waals surface area contributed by atoms with E-state index in [1.165, 1.54) is 7.11 Å². The van der Waals surface area contributed by atoms with Crippen LogP contribution < -0.4 is 4.74 Å². The maximum absolute atomic E-state index is 12.7. The van der Waals surface area contributed by atoms with Crippen LogP contribution in [0.1, 0.15) is 19.8 Å². The summed E-state index contributed by atoms with van der Waals surface area (Å²) in [5.41, 5.74) is 0. The summed E-state index contributed by atoms with van der Waals surface area (Å²) in [5.74, 6) is 0.371. The van der Waals surface area contributed by atoms with Gasteiger partial charge in [0.2, 0.25) is 0 Å². The van der Waals surface area contributed by atoms with Crippen molar-refractivity contribution in [3.63, 3.8) is 0 Å². The molecule has 5 heteroatoms. The molecule has 0 N–H and O–H groups in total. The SMILES string of the molecule is COC(=O)C1CCN(C(=O)[C@@H](C)Oc2cccc3ccccc23)CC1. The Morgan fingerprint density at radius 2 is 1.76 bits per heavy atom. The molecule has 0 saturated carbocycles. The Labute approximate surface area is 147 Å². The number of benzene rings is 2. The fraction of sp³-hybridized carbons (Fsp3) is 0.400. The number of ether oxygens (including phenoxy) is 2. The zero-order valence-corrected chi connectivity index (χ0v) is 14.6. The first-order chi connectivity index (χ1) is 12.1. The van der Waals surface area contributed by atoms with Crippen LogP contribution in [-0.4, -0.2) is 43.1 Å². The van der Waals surface area contributed by atoms with Crippen molar-refractivity contribution in [1.29, 1.82) is 0 Å². The molecule has 1 aliphatic heterocycles. The standard InChI is InChI=1S/C20H23NO4/c1-14(19(22)21-12-10-16(11-13-21)20(23)24-2)25-18-9-5-7-15-6-3-4-8-17(15)18/h3-9,14,16H,10-13H2,1-2H3/t14-/m1/s1. The van der Waals surface area contributed by atoms with Crippen molar-refractivity contribution in [3.8, 4) is 5.75 Å². The fourth-order valence-electron chi connectivity index (χ4n) is 3.30. The molecule has 5 nitrogen and oxygen atoms in total. The molecule has 1 aliphatic rings. The van der Waals surface area contributed by atoms with Crippen molar-refractivity contribution in [2.45, 2.75) is 25.9 Å². The number of likely N-dealkylation sites (tertiary alicyclic amines) is 1. The number of nitrogens with zero attached hydrogens (tertiary/aromatic N) is 1. The van der Waals surface area contributed by atoms with Crippen molar-refractivity contribution in [2.75, 3.05) is 20.2 Å². The Bertz CT molecular complexity index is 760. The van der Waals surface area contributed by atoms with E-state index in [9.17, 15) is 9.59 Å². The zero-order chi connectivity index (χ0) is 17.8. The highest BCUT2D eigenvalue weighted by molar-refractivity contribution is 5.89. The zero-order valence-electron chi connectivity index (χ0n) is 14.6. The van der Waals surface area contributed by atoms with Crippen molar-refractivity contribution < 1.29 is 19.1 Å². The molecule has 0 aliphatic carbocycles. The van der Waals surface area contributed by atoms with Gasteiger partial charge in [-0.25, -0.2) is 0 Å². The van der Waals surface area contributed by atoms with Gasteiger partial charge in [0.05, 0.1) is 13.0 Å². The maximum atomic E-state index is 12.7. The fourth-order valence-corrected chi connectivity index (χ4v) is 3.30. The van der Waals surface area contributed by atoms with E-state index in [4.69, 9.17) is 9.47 Å². The third kappa shape index (κ3) is 3.76. The molecule has 0 aromatic heterocycles. The predicted octanol–water partition coefficient (Wildman–Crippen LogP) is 3.02. The lowest BCUT2D eigenvalue weighted by Crippen LogP contribution is -2.45. The molecule has 3 rings (SSSR count). The number of carbonyl (C=O) groups is 2. The van der Waals surface area contributed by atoms with E-state index in [1.807, 2.05) is 42.5 Å². The topological polar surface area (TPSA) is 55.8 Å². The van der Waals surface area contributed by atoms with Crippen molar-refractivity contribution in [3.05, 3.63) is 42.5 Å². The highest BCUT2D eigenvalue weighted by Crippen LogP contribution is 2.27. The minimum atomic E-state index is -0.569. The van der Waals surface area contributed by atoms with Crippen LogP contribution >= 0.6 is 0 Å². The summed E-state index contributed by atoms with van der Waals surface area (Å²) in [6.45, 7) is 2.89. The van der Waals surface area contributed by atoms with Gasteiger partial charge in [-0.1, -0.05) is 36.4 Å². The van der Waals surface area contributed by atoms with Crippen LogP contribution in [-0.2, 0) is 14.3 Å². The molecule has 0 bridgehead atoms. The third-order valence-corrected chi connectivity index (χ3v) is 4.74. The summed E-state index contributed by atoms with van der Waals surface area (Å²) in [6, 6.07) is 13.8. The van der Waals surface area contributed by atoms with E-state index in [1.54, 1.807) is 11.8 Å². The first-order valence-corrected chi connectivity index (χ1v) is 8.61. The Morgan fingerprint density at radius 3 is 2.48 bits per heavy atom. The van der Waals surface area contributed by atoms with Gasteiger partial charge in [-0.2, -0.15) is 0 Å². The second-order valence-corrected chi connectivity index (χ2v) is 6.36. The molecule has 1 saturated heterocycles. The van der Waals surface area contributed by atoms with Crippen LogP contribution in [0.2, 0.25) is 0 Å². The summed E-state index contributed by atoms with van der Waals surface area (Å²) in [7, 11) is 1.40. The molecule has 2 aromatic rings. The average molecular weight is 341 g/mol. The number of esters is 1. The van der Waals surface area contributed by atoms with Crippen LogP contribution in [0.25, 0.3) is 10.8 Å². The lowest BCUT2D eigenvalue weighted by atomic mass is 9.97. The number of piperidine rings is 1. The largest absolute Gasteiger partial charge is 0.480 e. The van der Waals surface area contributed by atoms with E-state index < -0.39 is 6.10 Å². The van der Waals surface area contributed by atoms with Crippen LogP contribution in [0, 0.1) is 5.92 Å². The number of amides is 1. The van der Waals surface area contributed by atoms with Crippen molar-refractivity contribution in [2.24, 2.45) is 5.92 Å². The van der Waals surface area contributed by atoms with E-state index in [0.717, 1.165) is 10.8 Å². The summed E-state index contributed by atoms with van der Waals surface area (Å²) < 4.78 is 10.7. The summed E-state index contributed by atoms with van der Waals surface area (Å²) >= 11 is 0. The molecule has 0 unspecified atom stereocenters. The first-order valence-electron chi connectivity index (χ1n) is 8.61. The number of hydrogen-bond acceptors (Lipinski definition) is 4. The van der Waals surface area contributed by atoms with Gasteiger partial charge >= 0.3 is 5.97 Å². The number of hydrogen-bond donors (Lipinski definition) is 0. The van der Waals surface area contributed by atoms with Gasteiger partial charge in [0.25, 0.3) is 5.91 Å². The summed E-state index contributed by atoms with van der Waals surface area (Å²) in [6.07, 6.45) is 0.708. The molecular formula is C20H23NO4. The van der Waals surface area contributed by atoms with Gasteiger partial charge in [0.1, 0.15) is 5.75 Å². The molecule has 1 atom stereocenters. The smallest absolute Gasteiger partial charge is 0.308 e. The van der Waals surface area contributed by atoms with Gasteiger partial charge in [-0.3, -0.25) is 9.59 Å². The summed E-state index contributed by atoms with van der Waals surface area (Å²) in [5, 5.41) is 2.08. The minimum Gasteiger partial charge on any atom is -0.480 e. The monoisotopic (exact) mass is 341 g/mol. The Kier molecular flexibility index (Phi) is 5.22. The average Bonchev–Trinajstić information content (AvgIpc) is 2.67. The van der Waals surface area contributed by atoms with E-state index >= 15 is 0 Å². The molecule has 1 amide bonds. The Hall–Kier alpha value is -2.56. The molecule has 1 fully saturated rings. The van der Waals surface area contributed by atoms with Gasteiger partial charge in [0.15, 0.2) is 6.10 Å². The van der Waals surface area contributed by atoms with Crippen molar-refractivity contribution >= 4 is 22.6 Å². The first kappa shape index (κ1) is 17.3. The number of methoxy groups -OCH3 is 1. The normalized spacial score (nSPS) is 16.5. The highest BCUT2D eigenvalue weighted by atomic mass is 16.5. The quantitative estimate of drug-likeness (QED) is 0.802. The lowest BCUT2D eigenvalue weighted by Gasteiger charge is -2.32. The lowest BCUT2D eigenvalue weighted by molar-refractivity contribution is -0.150. The Morgan fingerprint density at radius 1 is 1.08 bits per heavy atom. The molecule has 0 radical (unpaired) electrons. The van der Waals surface area contributed by atoms with E-state index in [0.29, 0.717) is 31.7 Å². The highest BCUT2D eigenvalue weighted by Gasteiger charge is 2.30. The van der Waals surface area contributed by atoms with Gasteiger partial charge in [-0.05, 0) is 31.2 Å². The molecule has 132 valence electrons. The third-order valence-electron chi connectivity index (χ3n) is 4.74. The molecular weight excluding hydrogens is 318 g/mol. The number of carbonyl (C=O) groups excluding carboxylic acids is 2. The van der Waals surface area contributed by atoms with E-state index in [-0.39, 0.29) is 17.8 Å². The van der Waals surface area contributed by atoms with Crippen LogP contribution in [0.15, 0.2) is 42.5 Å². The van der Waals surface area contributed by atoms with Crippen LogP contribution in [0.5, 0.6) is 5.75 Å². The Balaban J connectivity index is 1.64. The number of rotatable bonds is 4. The minimum absolute atomic E-state index is 0.0451. The molecule has 2 aromatic carbocycles. The predicted molar refractivity (Wildman–Crippen MR) is 95.4 cm³/mol. The van der Waals surface area contributed by atoms with Gasteiger partial charge in [0, 0.05) is 18.5 Å². The second-order valence-electron chi connectivity index (χ2n) is 6.36. The second kappa shape index (κ2) is 7.55. The van der Waals surface area contributed by atoms with Crippen LogP contribution in [0.3, 0.4) is 0 Å². The molecule has 0 spiro atoms. The van der Waals surface area contributed by atoms with Gasteiger partial charge in [-0.15, -0.1) is 0 Å². The van der Waals surface area contributed by atoms with Crippen molar-refractivity contribution in [1.82, 2.24) is 4.90 Å². The summed E-state index contributed by atoms with van der Waals surface area (Å²) in [4.78, 5) is 26.0. The van der Waals surface area contributed by atoms with E-state index in [2.05, 4.69) is 0 Å². The van der Waals surface area contributed by atoms with Crippen LogP contribution in [0.4, 0.5) is 0 Å². The molecule has 25 heavy (non-hydrogen) atoms. The number of fused-ring (bicyclic) bond motifs is 1. The van der Waals surface area contributed by atoms with Gasteiger partial charge < -0.3 is 14.4 Å². The molecule has 1 heterocycles.